The van der Waals surface area contributed by atoms with E-state index in [1.165, 1.54) is 13.0 Å². The molecule has 3 rings (SSSR count). The number of aromatic amines is 1. The molecule has 1 amide bonds. The maximum atomic E-state index is 12.5. The zero-order valence-electron chi connectivity index (χ0n) is 16.7. The average Bonchev–Trinajstić information content (AvgIpc) is 2.66. The van der Waals surface area contributed by atoms with Crippen LogP contribution in [0.15, 0.2) is 25.2 Å². The Morgan fingerprint density at radius 1 is 1.34 bits per heavy atom. The highest BCUT2D eigenvalue weighted by atomic mass is 16.6. The normalized spacial score (nSPS) is 16.6. The first kappa shape index (κ1) is 20.8. The van der Waals surface area contributed by atoms with Gasteiger partial charge >= 0.3 is 11.6 Å². The van der Waals surface area contributed by atoms with Gasteiger partial charge in [0.2, 0.25) is 11.6 Å². The van der Waals surface area contributed by atoms with Gasteiger partial charge in [0.05, 0.1) is 5.71 Å². The third kappa shape index (κ3) is 5.52. The van der Waals surface area contributed by atoms with Crippen molar-refractivity contribution >= 4 is 22.7 Å². The van der Waals surface area contributed by atoms with Gasteiger partial charge in [0.25, 0.3) is 5.56 Å². The molecule has 2 heterocycles. The Labute approximate surface area is 167 Å². The first-order valence-electron chi connectivity index (χ1n) is 10.0. The van der Waals surface area contributed by atoms with Gasteiger partial charge in [-0.1, -0.05) is 24.9 Å². The molecule has 2 aromatic heterocycles. The van der Waals surface area contributed by atoms with Crippen LogP contribution in [0.4, 0.5) is 0 Å². The number of hydrogen-bond donors (Lipinski definition) is 2. The number of hydrogen-bond acceptors (Lipinski definition) is 7. The molecule has 2 N–H and O–H groups in total. The van der Waals surface area contributed by atoms with Crippen LogP contribution in [-0.4, -0.2) is 27.6 Å². The van der Waals surface area contributed by atoms with Crippen LogP contribution >= 0.6 is 0 Å². The molecule has 0 bridgehead atoms. The van der Waals surface area contributed by atoms with Gasteiger partial charge in [0.15, 0.2) is 0 Å². The first-order valence-corrected chi connectivity index (χ1v) is 10.0. The van der Waals surface area contributed by atoms with Crippen LogP contribution in [0, 0.1) is 0 Å². The van der Waals surface area contributed by atoms with E-state index in [1.54, 1.807) is 0 Å². The summed E-state index contributed by atoms with van der Waals surface area (Å²) in [6.07, 6.45) is 6.45. The summed E-state index contributed by atoms with van der Waals surface area (Å²) in [4.78, 5) is 47.5. The van der Waals surface area contributed by atoms with Crippen molar-refractivity contribution in [2.45, 2.75) is 71.3 Å². The lowest BCUT2D eigenvalue weighted by atomic mass is 9.94. The second-order valence-electron chi connectivity index (χ2n) is 7.32. The highest BCUT2D eigenvalue weighted by Gasteiger charge is 2.19. The molecule has 0 unspecified atom stereocenters. The Morgan fingerprint density at radius 3 is 2.79 bits per heavy atom. The molecule has 0 atom stereocenters. The van der Waals surface area contributed by atoms with E-state index >= 15 is 0 Å². The van der Waals surface area contributed by atoms with E-state index in [9.17, 15) is 14.4 Å². The van der Waals surface area contributed by atoms with Crippen molar-refractivity contribution in [3.8, 4) is 6.01 Å². The number of aryl methyl sites for hydroxylation is 1. The fraction of sp³-hybridized carbons (Fsp3) is 0.550. The number of H-pyrrole nitrogens is 1. The Balaban J connectivity index is 1.75. The molecule has 0 spiro atoms. The Kier molecular flexibility index (Phi) is 6.79. The summed E-state index contributed by atoms with van der Waals surface area (Å²) in [5.74, 6) is -0.0415. The Hall–Kier alpha value is -2.97. The van der Waals surface area contributed by atoms with Gasteiger partial charge in [0, 0.05) is 19.0 Å². The van der Waals surface area contributed by atoms with Crippen molar-refractivity contribution in [2.75, 3.05) is 0 Å². The highest BCUT2D eigenvalue weighted by molar-refractivity contribution is 5.85. The molecule has 1 aliphatic rings. The van der Waals surface area contributed by atoms with Gasteiger partial charge in [-0.15, -0.1) is 0 Å². The SMILES string of the molecule is CCCCCc1cc(=O)oc2nc(ON=C3CCC(NC(C)=O)CC3)[nH]c(=O)c12. The van der Waals surface area contributed by atoms with E-state index in [1.807, 2.05) is 0 Å². The second-order valence-corrected chi connectivity index (χ2v) is 7.32. The quantitative estimate of drug-likeness (QED) is 0.541. The Bertz CT molecular complexity index is 1010. The molecule has 0 aromatic carbocycles. The lowest BCUT2D eigenvalue weighted by molar-refractivity contribution is -0.119. The smallest absolute Gasteiger partial charge is 0.337 e. The van der Waals surface area contributed by atoms with Gasteiger partial charge in [-0.05, 0) is 44.1 Å². The predicted molar refractivity (Wildman–Crippen MR) is 108 cm³/mol. The summed E-state index contributed by atoms with van der Waals surface area (Å²) in [5, 5.41) is 7.24. The number of unbranched alkanes of at least 4 members (excludes halogenated alkanes) is 2. The summed E-state index contributed by atoms with van der Waals surface area (Å²) < 4.78 is 5.12. The number of carbonyl (C=O) groups is 1. The topological polar surface area (TPSA) is 127 Å². The minimum absolute atomic E-state index is 0.0415. The van der Waals surface area contributed by atoms with Crippen molar-refractivity contribution in [1.82, 2.24) is 15.3 Å². The standard InChI is InChI=1S/C20H26N4O5/c1-3-4-5-6-13-11-16(26)28-19-17(13)18(27)22-20(23-19)29-24-15-9-7-14(8-10-15)21-12(2)25/h11,14H,3-10H2,1-2H3,(H,21,25)(H,22,23,27). The van der Waals surface area contributed by atoms with Crippen molar-refractivity contribution in [1.29, 1.82) is 0 Å². The van der Waals surface area contributed by atoms with Crippen LogP contribution in [0.5, 0.6) is 6.01 Å². The maximum Gasteiger partial charge on any atom is 0.337 e. The number of nitrogens with zero attached hydrogens (tertiary/aromatic N) is 2. The molecule has 2 aromatic rings. The van der Waals surface area contributed by atoms with Crippen molar-refractivity contribution in [3.05, 3.63) is 32.4 Å². The summed E-state index contributed by atoms with van der Waals surface area (Å²) in [5.41, 5.74) is 0.444. The zero-order valence-corrected chi connectivity index (χ0v) is 16.7. The molecule has 0 saturated heterocycles. The molecule has 29 heavy (non-hydrogen) atoms. The number of aromatic nitrogens is 2. The highest BCUT2D eigenvalue weighted by Crippen LogP contribution is 2.18. The minimum atomic E-state index is -0.546. The summed E-state index contributed by atoms with van der Waals surface area (Å²) in [6.45, 7) is 3.59. The van der Waals surface area contributed by atoms with E-state index in [4.69, 9.17) is 9.25 Å². The van der Waals surface area contributed by atoms with Gasteiger partial charge in [-0.3, -0.25) is 14.6 Å². The zero-order chi connectivity index (χ0) is 20.8. The van der Waals surface area contributed by atoms with Gasteiger partial charge in [-0.25, -0.2) is 4.79 Å². The van der Waals surface area contributed by atoms with E-state index in [2.05, 4.69) is 27.4 Å². The third-order valence-corrected chi connectivity index (χ3v) is 4.96. The van der Waals surface area contributed by atoms with E-state index in [0.717, 1.165) is 37.8 Å². The van der Waals surface area contributed by atoms with E-state index < -0.39 is 11.2 Å². The molecule has 9 heteroatoms. The van der Waals surface area contributed by atoms with Crippen molar-refractivity contribution in [2.24, 2.45) is 5.16 Å². The van der Waals surface area contributed by atoms with Crippen LogP contribution in [0.25, 0.3) is 11.1 Å². The summed E-state index contributed by atoms with van der Waals surface area (Å²) >= 11 is 0. The lowest BCUT2D eigenvalue weighted by Gasteiger charge is -2.22. The van der Waals surface area contributed by atoms with Gasteiger partial charge in [0.1, 0.15) is 5.39 Å². The van der Waals surface area contributed by atoms with Gasteiger partial charge < -0.3 is 14.6 Å². The molecule has 0 aliphatic heterocycles. The maximum absolute atomic E-state index is 12.5. The van der Waals surface area contributed by atoms with Crippen LogP contribution in [0.1, 0.15) is 64.4 Å². The molecular weight excluding hydrogens is 376 g/mol. The number of rotatable bonds is 7. The number of nitrogens with one attached hydrogen (secondary N) is 2. The van der Waals surface area contributed by atoms with E-state index in [-0.39, 0.29) is 29.1 Å². The number of amides is 1. The fourth-order valence-electron chi connectivity index (χ4n) is 3.52. The summed E-state index contributed by atoms with van der Waals surface area (Å²) in [7, 11) is 0. The predicted octanol–water partition coefficient (Wildman–Crippen LogP) is 2.42. The minimum Gasteiger partial charge on any atom is -0.403 e. The average molecular weight is 402 g/mol. The summed E-state index contributed by atoms with van der Waals surface area (Å²) in [6, 6.07) is 1.38. The van der Waals surface area contributed by atoms with Crippen molar-refractivity contribution < 1.29 is 14.0 Å². The van der Waals surface area contributed by atoms with Crippen LogP contribution in [0.2, 0.25) is 0 Å². The molecule has 1 aliphatic carbocycles. The number of carbonyl (C=O) groups excluding carboxylic acids is 1. The van der Waals surface area contributed by atoms with Crippen LogP contribution in [0.3, 0.4) is 0 Å². The number of fused-ring (bicyclic) bond motifs is 1. The first-order chi connectivity index (χ1) is 14.0. The van der Waals surface area contributed by atoms with Crippen LogP contribution < -0.4 is 21.3 Å². The second kappa shape index (κ2) is 9.49. The molecule has 1 fully saturated rings. The molecule has 0 radical (unpaired) electrons. The van der Waals surface area contributed by atoms with Gasteiger partial charge in [-0.2, -0.15) is 4.98 Å². The molecule has 1 saturated carbocycles. The lowest BCUT2D eigenvalue weighted by Crippen LogP contribution is -2.36. The van der Waals surface area contributed by atoms with E-state index in [0.29, 0.717) is 24.8 Å². The molecule has 9 nitrogen and oxygen atoms in total. The molecule has 156 valence electrons. The monoisotopic (exact) mass is 402 g/mol. The Morgan fingerprint density at radius 2 is 2.10 bits per heavy atom. The third-order valence-electron chi connectivity index (χ3n) is 4.96. The van der Waals surface area contributed by atoms with Crippen molar-refractivity contribution in [3.63, 3.8) is 0 Å². The largest absolute Gasteiger partial charge is 0.403 e. The molecular formula is C20H26N4O5. The van der Waals surface area contributed by atoms with Crippen LogP contribution in [-0.2, 0) is 11.2 Å². The number of oxime groups is 1. The fourth-order valence-corrected chi connectivity index (χ4v) is 3.52.